The number of aromatic nitrogens is 2. The van der Waals surface area contributed by atoms with Gasteiger partial charge in [-0.05, 0) is 0 Å². The Kier molecular flexibility index (Phi) is 3.50. The Bertz CT molecular complexity index is 357. The van der Waals surface area contributed by atoms with Gasteiger partial charge in [0.05, 0.1) is 26.2 Å². The lowest BCUT2D eigenvalue weighted by molar-refractivity contribution is -0.131. The standard InChI is InChI=1S/C8H10ClN3O2S/c9-8-6(10-11-15-8)5-12-2-4-14-3-1-7(12)13/h1-5H2. The molecule has 7 heteroatoms. The van der Waals surface area contributed by atoms with E-state index < -0.39 is 0 Å². The third-order valence-electron chi connectivity index (χ3n) is 2.17. The predicted octanol–water partition coefficient (Wildman–Crippen LogP) is 0.940. The number of carbonyl (C=O) groups is 1. The Balaban J connectivity index is 2.03. The third kappa shape index (κ3) is 2.64. The Hall–Kier alpha value is -0.720. The number of hydrogen-bond donors (Lipinski definition) is 0. The van der Waals surface area contributed by atoms with E-state index >= 15 is 0 Å². The van der Waals surface area contributed by atoms with Crippen LogP contribution < -0.4 is 0 Å². The van der Waals surface area contributed by atoms with E-state index in [9.17, 15) is 4.79 Å². The summed E-state index contributed by atoms with van der Waals surface area (Å²) < 4.78 is 9.49. The molecule has 1 aliphatic rings. The highest BCUT2D eigenvalue weighted by Gasteiger charge is 2.19. The van der Waals surface area contributed by atoms with Gasteiger partial charge in [0, 0.05) is 18.1 Å². The lowest BCUT2D eigenvalue weighted by Crippen LogP contribution is -2.31. The lowest BCUT2D eigenvalue weighted by Gasteiger charge is -2.18. The summed E-state index contributed by atoms with van der Waals surface area (Å²) in [6, 6.07) is 0. The van der Waals surface area contributed by atoms with Crippen molar-refractivity contribution in [1.82, 2.24) is 14.5 Å². The van der Waals surface area contributed by atoms with E-state index in [0.29, 0.717) is 42.8 Å². The zero-order valence-electron chi connectivity index (χ0n) is 7.98. The van der Waals surface area contributed by atoms with Crippen LogP contribution in [0.4, 0.5) is 0 Å². The largest absolute Gasteiger partial charge is 0.379 e. The molecular weight excluding hydrogens is 238 g/mol. The molecule has 1 aromatic heterocycles. The summed E-state index contributed by atoms with van der Waals surface area (Å²) in [5.74, 6) is 0.0802. The Labute approximate surface area is 96.1 Å². The number of amides is 1. The van der Waals surface area contributed by atoms with Gasteiger partial charge in [-0.3, -0.25) is 4.79 Å². The predicted molar refractivity (Wildman–Crippen MR) is 55.8 cm³/mol. The summed E-state index contributed by atoms with van der Waals surface area (Å²) >= 11 is 7.01. The van der Waals surface area contributed by atoms with Gasteiger partial charge in [0.1, 0.15) is 10.0 Å². The Morgan fingerprint density at radius 2 is 2.40 bits per heavy atom. The van der Waals surface area contributed by atoms with E-state index in [1.807, 2.05) is 0 Å². The van der Waals surface area contributed by atoms with E-state index in [-0.39, 0.29) is 5.91 Å². The van der Waals surface area contributed by atoms with E-state index in [2.05, 4.69) is 9.59 Å². The highest BCUT2D eigenvalue weighted by Crippen LogP contribution is 2.19. The van der Waals surface area contributed by atoms with Gasteiger partial charge in [-0.1, -0.05) is 16.1 Å². The highest BCUT2D eigenvalue weighted by molar-refractivity contribution is 7.10. The van der Waals surface area contributed by atoms with Crippen molar-refractivity contribution in [2.24, 2.45) is 0 Å². The molecule has 0 aliphatic carbocycles. The number of ether oxygens (including phenoxy) is 1. The van der Waals surface area contributed by atoms with Crippen LogP contribution in [0, 0.1) is 0 Å². The van der Waals surface area contributed by atoms with E-state index in [1.54, 1.807) is 4.90 Å². The molecule has 1 fully saturated rings. The lowest BCUT2D eigenvalue weighted by atomic mass is 10.3. The van der Waals surface area contributed by atoms with Crippen molar-refractivity contribution in [3.63, 3.8) is 0 Å². The molecule has 0 spiro atoms. The minimum atomic E-state index is 0.0802. The molecule has 0 unspecified atom stereocenters. The molecule has 82 valence electrons. The van der Waals surface area contributed by atoms with Gasteiger partial charge in [0.2, 0.25) is 5.91 Å². The van der Waals surface area contributed by atoms with E-state index in [0.717, 1.165) is 11.5 Å². The molecule has 5 nitrogen and oxygen atoms in total. The van der Waals surface area contributed by atoms with Crippen LogP contribution in [0.1, 0.15) is 12.1 Å². The average Bonchev–Trinajstić information content (AvgIpc) is 2.50. The first-order valence-electron chi connectivity index (χ1n) is 4.59. The topological polar surface area (TPSA) is 55.3 Å². The quantitative estimate of drug-likeness (QED) is 0.781. The SMILES string of the molecule is O=C1CCOCCN1Cc1nnsc1Cl. The number of halogens is 1. The number of carbonyl (C=O) groups excluding carboxylic acids is 1. The first-order valence-corrected chi connectivity index (χ1v) is 5.75. The minimum absolute atomic E-state index is 0.0802. The van der Waals surface area contributed by atoms with Crippen molar-refractivity contribution >= 4 is 29.0 Å². The van der Waals surface area contributed by atoms with Crippen LogP contribution in [0.3, 0.4) is 0 Å². The molecule has 1 saturated heterocycles. The molecule has 15 heavy (non-hydrogen) atoms. The van der Waals surface area contributed by atoms with Crippen LogP contribution in [-0.4, -0.2) is 40.2 Å². The average molecular weight is 248 g/mol. The van der Waals surface area contributed by atoms with E-state index in [1.165, 1.54) is 0 Å². The molecule has 0 radical (unpaired) electrons. The van der Waals surface area contributed by atoms with Crippen LogP contribution in [0.5, 0.6) is 0 Å². The molecule has 2 rings (SSSR count). The summed E-state index contributed by atoms with van der Waals surface area (Å²) in [6.07, 6.45) is 0.426. The van der Waals surface area contributed by atoms with Gasteiger partial charge < -0.3 is 9.64 Å². The molecule has 2 heterocycles. The molecule has 1 aromatic rings. The zero-order valence-corrected chi connectivity index (χ0v) is 9.55. The Morgan fingerprint density at radius 1 is 1.53 bits per heavy atom. The second kappa shape index (κ2) is 4.87. The highest BCUT2D eigenvalue weighted by atomic mass is 35.5. The summed E-state index contributed by atoms with van der Waals surface area (Å²) in [5, 5.41) is 3.88. The Morgan fingerprint density at radius 3 is 3.13 bits per heavy atom. The zero-order chi connectivity index (χ0) is 10.7. The van der Waals surface area contributed by atoms with Crippen LogP contribution in [0.15, 0.2) is 0 Å². The summed E-state index contributed by atoms with van der Waals surface area (Å²) in [7, 11) is 0. The van der Waals surface area contributed by atoms with Crippen molar-refractivity contribution in [2.75, 3.05) is 19.8 Å². The fourth-order valence-electron chi connectivity index (χ4n) is 1.36. The van der Waals surface area contributed by atoms with Crippen LogP contribution in [0.25, 0.3) is 0 Å². The first-order chi connectivity index (χ1) is 7.27. The molecule has 0 saturated carbocycles. The van der Waals surface area contributed by atoms with Gasteiger partial charge in [-0.15, -0.1) is 5.10 Å². The molecule has 0 atom stereocenters. The van der Waals surface area contributed by atoms with E-state index in [4.69, 9.17) is 16.3 Å². The van der Waals surface area contributed by atoms with Gasteiger partial charge in [0.15, 0.2) is 0 Å². The van der Waals surface area contributed by atoms with Crippen molar-refractivity contribution in [3.8, 4) is 0 Å². The maximum atomic E-state index is 11.6. The summed E-state index contributed by atoms with van der Waals surface area (Å²) in [5.41, 5.74) is 0.664. The second-order valence-corrected chi connectivity index (χ2v) is 4.53. The number of nitrogens with zero attached hydrogens (tertiary/aromatic N) is 3. The maximum absolute atomic E-state index is 11.6. The normalized spacial score (nSPS) is 17.9. The van der Waals surface area contributed by atoms with Gasteiger partial charge in [-0.2, -0.15) is 0 Å². The number of hydrogen-bond acceptors (Lipinski definition) is 5. The molecular formula is C8H10ClN3O2S. The van der Waals surface area contributed by atoms with Crippen molar-refractivity contribution in [3.05, 3.63) is 10.0 Å². The van der Waals surface area contributed by atoms with Crippen LogP contribution >= 0.6 is 23.1 Å². The molecule has 0 aromatic carbocycles. The number of rotatable bonds is 2. The third-order valence-corrected chi connectivity index (χ3v) is 3.15. The minimum Gasteiger partial charge on any atom is -0.379 e. The van der Waals surface area contributed by atoms with Crippen LogP contribution in [0.2, 0.25) is 4.34 Å². The monoisotopic (exact) mass is 247 g/mol. The van der Waals surface area contributed by atoms with Gasteiger partial charge in [0.25, 0.3) is 0 Å². The molecule has 1 amide bonds. The second-order valence-electron chi connectivity index (χ2n) is 3.17. The fourth-order valence-corrected chi connectivity index (χ4v) is 1.97. The van der Waals surface area contributed by atoms with Crippen molar-refractivity contribution in [2.45, 2.75) is 13.0 Å². The smallest absolute Gasteiger partial charge is 0.225 e. The summed E-state index contributed by atoms with van der Waals surface area (Å²) in [6.45, 7) is 2.09. The molecule has 0 bridgehead atoms. The first kappa shape index (κ1) is 10.8. The maximum Gasteiger partial charge on any atom is 0.225 e. The summed E-state index contributed by atoms with van der Waals surface area (Å²) in [4.78, 5) is 13.3. The van der Waals surface area contributed by atoms with Gasteiger partial charge >= 0.3 is 0 Å². The fraction of sp³-hybridized carbons (Fsp3) is 0.625. The molecule has 0 N–H and O–H groups in total. The van der Waals surface area contributed by atoms with Crippen molar-refractivity contribution in [1.29, 1.82) is 0 Å². The van der Waals surface area contributed by atoms with Crippen LogP contribution in [-0.2, 0) is 16.1 Å². The van der Waals surface area contributed by atoms with Gasteiger partial charge in [-0.25, -0.2) is 0 Å². The van der Waals surface area contributed by atoms with Crippen molar-refractivity contribution < 1.29 is 9.53 Å². The molecule has 1 aliphatic heterocycles.